The molecule has 0 aromatic carbocycles. The van der Waals surface area contributed by atoms with Crippen molar-refractivity contribution in [3.05, 3.63) is 0 Å². The van der Waals surface area contributed by atoms with Crippen molar-refractivity contribution in [1.82, 2.24) is 5.32 Å². The average Bonchev–Trinajstić information content (AvgIpc) is 1.98. The second kappa shape index (κ2) is 5.31. The first-order valence-electron chi connectivity index (χ1n) is 4.72. The minimum absolute atomic E-state index is 0.146. The summed E-state index contributed by atoms with van der Waals surface area (Å²) in [5.74, 6) is 0.657. The zero-order chi connectivity index (χ0) is 9.72. The lowest BCUT2D eigenvalue weighted by Gasteiger charge is -2.15. The summed E-state index contributed by atoms with van der Waals surface area (Å²) in [4.78, 5) is 11.4. The van der Waals surface area contributed by atoms with Gasteiger partial charge < -0.3 is 5.32 Å². The van der Waals surface area contributed by atoms with Crippen LogP contribution in [0.5, 0.6) is 0 Å². The van der Waals surface area contributed by atoms with Gasteiger partial charge in [-0.2, -0.15) is 0 Å². The molecule has 72 valence electrons. The van der Waals surface area contributed by atoms with Crippen LogP contribution in [-0.4, -0.2) is 18.4 Å². The number of ketones is 1. The molecule has 2 heteroatoms. The van der Waals surface area contributed by atoms with Crippen LogP contribution in [0.3, 0.4) is 0 Å². The smallest absolute Gasteiger partial charge is 0.139 e. The predicted octanol–water partition coefficient (Wildman–Crippen LogP) is 1.85. The maximum atomic E-state index is 11.4. The fraction of sp³-hybridized carbons (Fsp3) is 0.900. The summed E-state index contributed by atoms with van der Waals surface area (Å²) < 4.78 is 0. The quantitative estimate of drug-likeness (QED) is 0.684. The van der Waals surface area contributed by atoms with Gasteiger partial charge >= 0.3 is 0 Å². The van der Waals surface area contributed by atoms with Crippen LogP contribution in [0.1, 0.15) is 34.6 Å². The Hall–Kier alpha value is -0.370. The summed E-state index contributed by atoms with van der Waals surface area (Å²) in [5.41, 5.74) is 0. The molecule has 1 unspecified atom stereocenters. The molecule has 0 aliphatic rings. The van der Waals surface area contributed by atoms with Gasteiger partial charge in [0, 0.05) is 24.4 Å². The normalized spacial score (nSPS) is 13.9. The van der Waals surface area contributed by atoms with E-state index in [0.717, 1.165) is 6.54 Å². The molecule has 0 spiro atoms. The summed E-state index contributed by atoms with van der Waals surface area (Å²) >= 11 is 0. The molecule has 0 aromatic heterocycles. The molecule has 0 saturated carbocycles. The van der Waals surface area contributed by atoms with Crippen LogP contribution in [-0.2, 0) is 4.79 Å². The number of carbonyl (C=O) groups excluding carboxylic acids is 1. The van der Waals surface area contributed by atoms with Crippen LogP contribution in [0.15, 0.2) is 0 Å². The van der Waals surface area contributed by atoms with Crippen LogP contribution in [0, 0.1) is 11.8 Å². The maximum absolute atomic E-state index is 11.4. The summed E-state index contributed by atoms with van der Waals surface area (Å²) in [5, 5.41) is 3.26. The number of nitrogens with one attached hydrogen (secondary N) is 1. The Balaban J connectivity index is 3.72. The van der Waals surface area contributed by atoms with Crippen LogP contribution in [0.25, 0.3) is 0 Å². The molecule has 1 N–H and O–H groups in total. The number of carbonyl (C=O) groups is 1. The van der Waals surface area contributed by atoms with Crippen molar-refractivity contribution in [2.24, 2.45) is 11.8 Å². The number of hydrogen-bond acceptors (Lipinski definition) is 2. The number of Topliss-reactive ketones (excluding diaryl/α,β-unsaturated/α-hetero) is 1. The summed E-state index contributed by atoms with van der Waals surface area (Å²) in [6.07, 6.45) is 0. The molecule has 12 heavy (non-hydrogen) atoms. The highest BCUT2D eigenvalue weighted by Gasteiger charge is 2.15. The van der Waals surface area contributed by atoms with Gasteiger partial charge in [0.15, 0.2) is 0 Å². The largest absolute Gasteiger partial charge is 0.314 e. The van der Waals surface area contributed by atoms with E-state index in [1.54, 1.807) is 0 Å². The lowest BCUT2D eigenvalue weighted by molar-refractivity contribution is -0.125. The standard InChI is InChI=1S/C10H21NO/c1-7(2)10(12)9(5)6-11-8(3)4/h7-9,11H,6H2,1-5H3. The van der Waals surface area contributed by atoms with Crippen LogP contribution in [0.2, 0.25) is 0 Å². The molecule has 0 rings (SSSR count). The van der Waals surface area contributed by atoms with Crippen LogP contribution < -0.4 is 5.32 Å². The minimum atomic E-state index is 0.146. The van der Waals surface area contributed by atoms with Crippen molar-refractivity contribution in [3.8, 4) is 0 Å². The Morgan fingerprint density at radius 3 is 2.00 bits per heavy atom. The molecule has 0 aliphatic carbocycles. The molecule has 0 bridgehead atoms. The van der Waals surface area contributed by atoms with Gasteiger partial charge in [0.1, 0.15) is 5.78 Å². The molecule has 0 radical (unpaired) electrons. The van der Waals surface area contributed by atoms with Crippen molar-refractivity contribution in [3.63, 3.8) is 0 Å². The van der Waals surface area contributed by atoms with E-state index in [1.807, 2.05) is 20.8 Å². The molecular weight excluding hydrogens is 150 g/mol. The van der Waals surface area contributed by atoms with Gasteiger partial charge in [-0.1, -0.05) is 34.6 Å². The fourth-order valence-corrected chi connectivity index (χ4v) is 1.08. The van der Waals surface area contributed by atoms with Gasteiger partial charge in [-0.3, -0.25) is 4.79 Å². The molecule has 0 aromatic rings. The van der Waals surface area contributed by atoms with Crippen molar-refractivity contribution in [2.45, 2.75) is 40.7 Å². The summed E-state index contributed by atoms with van der Waals surface area (Å²) in [6, 6.07) is 0.465. The SMILES string of the molecule is CC(C)NCC(C)C(=O)C(C)C. The monoisotopic (exact) mass is 171 g/mol. The average molecular weight is 171 g/mol. The topological polar surface area (TPSA) is 29.1 Å². The lowest BCUT2D eigenvalue weighted by atomic mass is 9.97. The van der Waals surface area contributed by atoms with Gasteiger partial charge in [0.05, 0.1) is 0 Å². The van der Waals surface area contributed by atoms with Gasteiger partial charge in [0.25, 0.3) is 0 Å². The second-order valence-electron chi connectivity index (χ2n) is 4.02. The zero-order valence-corrected chi connectivity index (χ0v) is 8.85. The molecule has 0 aliphatic heterocycles. The minimum Gasteiger partial charge on any atom is -0.314 e. The molecular formula is C10H21NO. The van der Waals surface area contributed by atoms with E-state index in [4.69, 9.17) is 0 Å². The Morgan fingerprint density at radius 2 is 1.67 bits per heavy atom. The van der Waals surface area contributed by atoms with Crippen molar-refractivity contribution in [2.75, 3.05) is 6.54 Å². The van der Waals surface area contributed by atoms with Gasteiger partial charge in [-0.05, 0) is 0 Å². The fourth-order valence-electron chi connectivity index (χ4n) is 1.08. The molecule has 1 atom stereocenters. The highest BCUT2D eigenvalue weighted by molar-refractivity contribution is 5.82. The Kier molecular flexibility index (Phi) is 5.14. The zero-order valence-electron chi connectivity index (χ0n) is 8.85. The van der Waals surface area contributed by atoms with E-state index in [-0.39, 0.29) is 11.8 Å². The lowest BCUT2D eigenvalue weighted by Crippen LogP contribution is -2.32. The van der Waals surface area contributed by atoms with Gasteiger partial charge in [0.2, 0.25) is 0 Å². The Bertz CT molecular complexity index is 141. The van der Waals surface area contributed by atoms with Crippen LogP contribution >= 0.6 is 0 Å². The molecule has 0 amide bonds. The van der Waals surface area contributed by atoms with E-state index in [2.05, 4.69) is 19.2 Å². The van der Waals surface area contributed by atoms with Gasteiger partial charge in [-0.15, -0.1) is 0 Å². The molecule has 2 nitrogen and oxygen atoms in total. The van der Waals surface area contributed by atoms with E-state index in [9.17, 15) is 4.79 Å². The molecule has 0 fully saturated rings. The van der Waals surface area contributed by atoms with Crippen molar-refractivity contribution in [1.29, 1.82) is 0 Å². The van der Waals surface area contributed by atoms with Crippen molar-refractivity contribution < 1.29 is 4.79 Å². The first kappa shape index (κ1) is 11.6. The third-order valence-electron chi connectivity index (χ3n) is 1.89. The van der Waals surface area contributed by atoms with E-state index < -0.39 is 0 Å². The Labute approximate surface area is 75.7 Å². The van der Waals surface area contributed by atoms with Crippen molar-refractivity contribution >= 4 is 5.78 Å². The Morgan fingerprint density at radius 1 is 1.17 bits per heavy atom. The highest BCUT2D eigenvalue weighted by Crippen LogP contribution is 2.05. The molecule has 0 heterocycles. The number of hydrogen-bond donors (Lipinski definition) is 1. The predicted molar refractivity (Wildman–Crippen MR) is 52.1 cm³/mol. The van der Waals surface area contributed by atoms with E-state index >= 15 is 0 Å². The van der Waals surface area contributed by atoms with Crippen LogP contribution in [0.4, 0.5) is 0 Å². The van der Waals surface area contributed by atoms with Gasteiger partial charge in [-0.25, -0.2) is 0 Å². The maximum Gasteiger partial charge on any atom is 0.139 e. The third kappa shape index (κ3) is 4.50. The second-order valence-corrected chi connectivity index (χ2v) is 4.02. The number of rotatable bonds is 5. The van der Waals surface area contributed by atoms with E-state index in [0.29, 0.717) is 11.8 Å². The first-order valence-corrected chi connectivity index (χ1v) is 4.72. The molecule has 0 saturated heterocycles. The highest BCUT2D eigenvalue weighted by atomic mass is 16.1. The summed E-state index contributed by atoms with van der Waals surface area (Å²) in [6.45, 7) is 10.9. The summed E-state index contributed by atoms with van der Waals surface area (Å²) in [7, 11) is 0. The first-order chi connectivity index (χ1) is 5.45. The third-order valence-corrected chi connectivity index (χ3v) is 1.89. The van der Waals surface area contributed by atoms with E-state index in [1.165, 1.54) is 0 Å².